The second-order valence-corrected chi connectivity index (χ2v) is 12.6. The Kier molecular flexibility index (Phi) is 12.4. The van der Waals surface area contributed by atoms with Gasteiger partial charge >= 0.3 is 5.97 Å². The van der Waals surface area contributed by atoms with Crippen LogP contribution in [0.3, 0.4) is 0 Å². The molecule has 3 atom stereocenters. The third-order valence-corrected chi connectivity index (χ3v) is 13.6. The predicted molar refractivity (Wildman–Crippen MR) is 114 cm³/mol. The van der Waals surface area contributed by atoms with E-state index in [1.807, 2.05) is 6.92 Å². The van der Waals surface area contributed by atoms with E-state index in [9.17, 15) is 9.90 Å². The second kappa shape index (κ2) is 12.7. The van der Waals surface area contributed by atoms with Crippen molar-refractivity contribution in [3.63, 3.8) is 0 Å². The lowest BCUT2D eigenvalue weighted by atomic mass is 10.2. The molecule has 3 heteroatoms. The lowest BCUT2D eigenvalue weighted by molar-refractivity contribution is -0.132. The third kappa shape index (κ3) is 6.27. The van der Waals surface area contributed by atoms with Gasteiger partial charge in [-0.25, -0.2) is 4.79 Å². The first-order valence-electron chi connectivity index (χ1n) is 10.8. The van der Waals surface area contributed by atoms with Crippen LogP contribution in [0.1, 0.15) is 106 Å². The maximum Gasteiger partial charge on any atom is 0.330 e. The van der Waals surface area contributed by atoms with Crippen molar-refractivity contribution in [2.24, 2.45) is 0 Å². The third-order valence-electron chi connectivity index (χ3n) is 6.31. The Bertz CT molecular complexity index is 367. The van der Waals surface area contributed by atoms with Crippen LogP contribution < -0.4 is 0 Å². The van der Waals surface area contributed by atoms with Gasteiger partial charge in [-0.1, -0.05) is 105 Å². The second-order valence-electron chi connectivity index (χ2n) is 7.81. The summed E-state index contributed by atoms with van der Waals surface area (Å²) in [5.41, 5.74) is 5.08. The fourth-order valence-corrected chi connectivity index (χ4v) is 13.3. The van der Waals surface area contributed by atoms with Gasteiger partial charge in [-0.15, -0.1) is 0 Å². The zero-order valence-corrected chi connectivity index (χ0v) is 19.0. The van der Waals surface area contributed by atoms with Gasteiger partial charge in [-0.3, -0.25) is 0 Å². The quantitative estimate of drug-likeness (QED) is 0.251. The number of aliphatic carboxylic acids is 1. The Balaban J connectivity index is 6.54. The van der Waals surface area contributed by atoms with Crippen molar-refractivity contribution < 1.29 is 9.90 Å². The molecule has 0 radical (unpaired) electrons. The molecule has 0 saturated heterocycles. The lowest BCUT2D eigenvalue weighted by Crippen LogP contribution is -2.48. The van der Waals surface area contributed by atoms with E-state index >= 15 is 0 Å². The van der Waals surface area contributed by atoms with E-state index in [0.29, 0.717) is 22.2 Å². The summed E-state index contributed by atoms with van der Waals surface area (Å²) in [6.07, 6.45) is 11.0. The summed E-state index contributed by atoms with van der Waals surface area (Å²) in [5, 5.41) is 9.65. The fraction of sp³-hybridized carbons (Fsp3) is 0.864. The van der Waals surface area contributed by atoms with Gasteiger partial charge in [0, 0.05) is 5.57 Å². The van der Waals surface area contributed by atoms with Crippen LogP contribution in [0.25, 0.3) is 0 Å². The van der Waals surface area contributed by atoms with Crippen molar-refractivity contribution in [3.8, 4) is 0 Å². The van der Waals surface area contributed by atoms with E-state index in [1.165, 1.54) is 57.8 Å². The summed E-state index contributed by atoms with van der Waals surface area (Å²) in [6.45, 7) is 15.7. The van der Waals surface area contributed by atoms with Gasteiger partial charge < -0.3 is 5.11 Å². The Labute approximate surface area is 158 Å². The first-order chi connectivity index (χ1) is 11.9. The normalized spacial score (nSPS) is 18.4. The SMILES string of the molecule is CCCC(CC)[Si](C=C(C)C(=O)O)(C(CC)CCC)C(CC)CCC. The highest BCUT2D eigenvalue weighted by Gasteiger charge is 2.48. The van der Waals surface area contributed by atoms with E-state index in [4.69, 9.17) is 0 Å². The molecule has 0 aromatic heterocycles. The minimum Gasteiger partial charge on any atom is -0.478 e. The molecule has 0 aliphatic rings. The zero-order chi connectivity index (χ0) is 19.5. The largest absolute Gasteiger partial charge is 0.478 e. The smallest absolute Gasteiger partial charge is 0.330 e. The lowest BCUT2D eigenvalue weighted by Gasteiger charge is -2.48. The summed E-state index contributed by atoms with van der Waals surface area (Å²) in [6, 6.07) is 0. The molecule has 0 aliphatic carbocycles. The highest BCUT2D eigenvalue weighted by atomic mass is 28.3. The number of carboxylic acid groups (broad SMARTS) is 1. The highest BCUT2D eigenvalue weighted by molar-refractivity contribution is 6.88. The van der Waals surface area contributed by atoms with Gasteiger partial charge in [0.05, 0.1) is 8.07 Å². The fourth-order valence-electron chi connectivity index (χ4n) is 5.26. The summed E-state index contributed by atoms with van der Waals surface area (Å²) < 4.78 is 0. The zero-order valence-electron chi connectivity index (χ0n) is 18.0. The van der Waals surface area contributed by atoms with E-state index in [0.717, 1.165) is 0 Å². The van der Waals surface area contributed by atoms with Gasteiger partial charge in [-0.05, 0) is 23.5 Å². The predicted octanol–water partition coefficient (Wildman–Crippen LogP) is 7.75. The first kappa shape index (κ1) is 24.4. The van der Waals surface area contributed by atoms with Gasteiger partial charge in [0.2, 0.25) is 0 Å². The van der Waals surface area contributed by atoms with Gasteiger partial charge in [0.15, 0.2) is 0 Å². The molecule has 1 N–H and O–H groups in total. The summed E-state index contributed by atoms with van der Waals surface area (Å²) in [5.74, 6) is -0.721. The molecule has 148 valence electrons. The molecule has 2 nitrogen and oxygen atoms in total. The Hall–Kier alpha value is -0.573. The Morgan fingerprint density at radius 2 is 1.12 bits per heavy atom. The molecule has 3 unspecified atom stereocenters. The van der Waals surface area contributed by atoms with Crippen molar-refractivity contribution in [3.05, 3.63) is 11.3 Å². The molecule has 0 aliphatic heterocycles. The van der Waals surface area contributed by atoms with Crippen molar-refractivity contribution in [2.45, 2.75) is 123 Å². The molecule has 25 heavy (non-hydrogen) atoms. The average Bonchev–Trinajstić information content (AvgIpc) is 2.60. The number of hydrogen-bond donors (Lipinski definition) is 1. The molecular weight excluding hydrogens is 324 g/mol. The Morgan fingerprint density at radius 1 is 0.800 bits per heavy atom. The molecule has 0 aromatic rings. The maximum absolute atomic E-state index is 11.7. The van der Waals surface area contributed by atoms with Gasteiger partial charge in [-0.2, -0.15) is 0 Å². The van der Waals surface area contributed by atoms with E-state index in [2.05, 4.69) is 47.2 Å². The van der Waals surface area contributed by atoms with E-state index < -0.39 is 14.0 Å². The van der Waals surface area contributed by atoms with Crippen LogP contribution in [0.2, 0.25) is 16.6 Å². The number of hydrogen-bond acceptors (Lipinski definition) is 1. The number of carboxylic acids is 1. The van der Waals surface area contributed by atoms with Crippen LogP contribution in [0, 0.1) is 0 Å². The molecule has 0 saturated carbocycles. The van der Waals surface area contributed by atoms with E-state index in [-0.39, 0.29) is 0 Å². The van der Waals surface area contributed by atoms with Crippen LogP contribution in [-0.2, 0) is 4.79 Å². The van der Waals surface area contributed by atoms with Crippen LogP contribution in [-0.4, -0.2) is 19.1 Å². The molecular formula is C22H44O2Si. The highest BCUT2D eigenvalue weighted by Crippen LogP contribution is 2.53. The average molecular weight is 369 g/mol. The Morgan fingerprint density at radius 3 is 1.32 bits per heavy atom. The molecule has 0 aromatic carbocycles. The molecule has 0 rings (SSSR count). The van der Waals surface area contributed by atoms with E-state index in [1.54, 1.807) is 0 Å². The van der Waals surface area contributed by atoms with Crippen molar-refractivity contribution in [2.75, 3.05) is 0 Å². The number of carbonyl (C=O) groups is 1. The van der Waals surface area contributed by atoms with Gasteiger partial charge in [0.25, 0.3) is 0 Å². The minimum atomic E-state index is -1.92. The van der Waals surface area contributed by atoms with Crippen LogP contribution in [0.5, 0.6) is 0 Å². The van der Waals surface area contributed by atoms with Crippen LogP contribution >= 0.6 is 0 Å². The topological polar surface area (TPSA) is 37.3 Å². The maximum atomic E-state index is 11.7. The van der Waals surface area contributed by atoms with Crippen molar-refractivity contribution in [1.29, 1.82) is 0 Å². The standard InChI is InChI=1S/C22H44O2Si/c1-8-14-19(11-4)25(17-18(7)22(23)24,20(12-5)15-9-2)21(13-6)16-10-3/h17,19-21H,8-16H2,1-7H3,(H,23,24). The van der Waals surface area contributed by atoms with Gasteiger partial charge in [0.1, 0.15) is 0 Å². The summed E-state index contributed by atoms with van der Waals surface area (Å²) >= 11 is 0. The molecule has 0 amide bonds. The first-order valence-corrected chi connectivity index (χ1v) is 13.1. The summed E-state index contributed by atoms with van der Waals surface area (Å²) in [4.78, 5) is 11.7. The minimum absolute atomic E-state index is 0.602. The van der Waals surface area contributed by atoms with Crippen molar-refractivity contribution >= 4 is 14.0 Å². The molecule has 0 spiro atoms. The monoisotopic (exact) mass is 368 g/mol. The van der Waals surface area contributed by atoms with Crippen molar-refractivity contribution in [1.82, 2.24) is 0 Å². The number of rotatable bonds is 14. The molecule has 0 fully saturated rings. The van der Waals surface area contributed by atoms with Crippen LogP contribution in [0.15, 0.2) is 11.3 Å². The van der Waals surface area contributed by atoms with Crippen LogP contribution in [0.4, 0.5) is 0 Å². The summed E-state index contributed by atoms with van der Waals surface area (Å²) in [7, 11) is -1.92. The molecule has 0 bridgehead atoms. The molecule has 0 heterocycles.